The van der Waals surface area contributed by atoms with E-state index in [1.54, 1.807) is 0 Å². The van der Waals surface area contributed by atoms with Gasteiger partial charge in [-0.1, -0.05) is 25.1 Å². The van der Waals surface area contributed by atoms with Gasteiger partial charge in [-0.25, -0.2) is 0 Å². The first-order valence-electron chi connectivity index (χ1n) is 11.7. The van der Waals surface area contributed by atoms with Crippen LogP contribution in [0, 0.1) is 13.8 Å². The number of pyridine rings is 2. The summed E-state index contributed by atoms with van der Waals surface area (Å²) in [4.78, 5) is 11.1. The zero-order valence-electron chi connectivity index (χ0n) is 19.8. The van der Waals surface area contributed by atoms with E-state index in [2.05, 4.69) is 81.9 Å². The first-order valence-corrected chi connectivity index (χ1v) is 12.1. The Morgan fingerprint density at radius 1 is 0.941 bits per heavy atom. The van der Waals surface area contributed by atoms with Crippen LogP contribution in [0.4, 0.5) is 0 Å². The predicted octanol–water partition coefficient (Wildman–Crippen LogP) is 5.62. The van der Waals surface area contributed by atoms with Crippen LogP contribution in [-0.4, -0.2) is 24.5 Å². The van der Waals surface area contributed by atoms with Gasteiger partial charge in [0.25, 0.3) is 0 Å². The molecule has 0 aliphatic carbocycles. The first kappa shape index (κ1) is 22.3. The Labute approximate surface area is 206 Å². The summed E-state index contributed by atoms with van der Waals surface area (Å²) >= 11 is 5.86. The molecule has 1 N–H and O–H groups in total. The van der Waals surface area contributed by atoms with Crippen molar-refractivity contribution >= 4 is 17.3 Å². The molecule has 5 rings (SSSR count). The van der Waals surface area contributed by atoms with Crippen molar-refractivity contribution in [3.8, 4) is 5.69 Å². The Bertz CT molecular complexity index is 1280. The minimum atomic E-state index is -0.0352. The van der Waals surface area contributed by atoms with Crippen molar-refractivity contribution in [3.05, 3.63) is 113 Å². The molecule has 1 saturated heterocycles. The van der Waals surface area contributed by atoms with Gasteiger partial charge in [-0.2, -0.15) is 0 Å². The normalized spacial score (nSPS) is 17.7. The summed E-state index contributed by atoms with van der Waals surface area (Å²) in [6.45, 7) is 7.27. The second-order valence-corrected chi connectivity index (χ2v) is 9.18. The number of rotatable bonds is 6. The molecule has 1 aliphatic rings. The molecule has 1 aromatic carbocycles. The fourth-order valence-corrected chi connectivity index (χ4v) is 5.27. The number of hydrogen-bond donors (Lipinski definition) is 1. The van der Waals surface area contributed by atoms with Gasteiger partial charge in [-0.15, -0.1) is 0 Å². The molecule has 1 fully saturated rings. The molecular weight excluding hydrogens is 438 g/mol. The lowest BCUT2D eigenvalue weighted by Crippen LogP contribution is -2.29. The number of nitrogens with one attached hydrogen (secondary N) is 1. The molecule has 0 unspecified atom stereocenters. The van der Waals surface area contributed by atoms with Crippen LogP contribution in [-0.2, 0) is 13.0 Å². The van der Waals surface area contributed by atoms with Gasteiger partial charge in [0, 0.05) is 42.2 Å². The molecule has 0 radical (unpaired) electrons. The number of nitrogens with zero attached hydrogens (tertiary/aromatic N) is 4. The van der Waals surface area contributed by atoms with Gasteiger partial charge in [-0.05, 0) is 91.6 Å². The molecule has 4 heterocycles. The fourth-order valence-electron chi connectivity index (χ4n) is 4.96. The minimum absolute atomic E-state index is 0.0189. The van der Waals surface area contributed by atoms with E-state index in [0.717, 1.165) is 17.2 Å². The molecule has 172 valence electrons. The lowest BCUT2D eigenvalue weighted by Gasteiger charge is -2.28. The summed E-state index contributed by atoms with van der Waals surface area (Å²) in [5.74, 6) is 0. The topological polar surface area (TPSA) is 46.0 Å². The van der Waals surface area contributed by atoms with E-state index in [0.29, 0.717) is 6.54 Å². The van der Waals surface area contributed by atoms with Crippen LogP contribution < -0.4 is 5.32 Å². The zero-order valence-corrected chi connectivity index (χ0v) is 20.6. The summed E-state index contributed by atoms with van der Waals surface area (Å²) in [7, 11) is 0. The summed E-state index contributed by atoms with van der Waals surface area (Å²) < 4.78 is 2.34. The Morgan fingerprint density at radius 2 is 1.71 bits per heavy atom. The van der Waals surface area contributed by atoms with Gasteiger partial charge in [-0.3, -0.25) is 9.97 Å². The Kier molecular flexibility index (Phi) is 6.16. The second kappa shape index (κ2) is 9.39. The highest BCUT2D eigenvalue weighted by molar-refractivity contribution is 7.80. The lowest BCUT2D eigenvalue weighted by molar-refractivity contribution is 0.310. The number of aryl methyl sites for hydroxylation is 2. The zero-order chi connectivity index (χ0) is 23.7. The van der Waals surface area contributed by atoms with Gasteiger partial charge in [0.15, 0.2) is 5.11 Å². The summed E-state index contributed by atoms with van der Waals surface area (Å²) in [6, 6.07) is 21.3. The average molecular weight is 468 g/mol. The van der Waals surface area contributed by atoms with Crippen LogP contribution >= 0.6 is 12.2 Å². The molecule has 0 bridgehead atoms. The van der Waals surface area contributed by atoms with Crippen LogP contribution in [0.1, 0.15) is 52.8 Å². The van der Waals surface area contributed by atoms with Crippen LogP contribution in [0.5, 0.6) is 0 Å². The van der Waals surface area contributed by atoms with E-state index in [4.69, 9.17) is 12.2 Å². The van der Waals surface area contributed by atoms with Crippen molar-refractivity contribution < 1.29 is 0 Å². The molecule has 6 heteroatoms. The predicted molar refractivity (Wildman–Crippen MR) is 140 cm³/mol. The van der Waals surface area contributed by atoms with Crippen molar-refractivity contribution in [1.29, 1.82) is 0 Å². The third-order valence-corrected chi connectivity index (χ3v) is 7.04. The van der Waals surface area contributed by atoms with Crippen molar-refractivity contribution in [2.24, 2.45) is 0 Å². The minimum Gasteiger partial charge on any atom is -0.352 e. The molecule has 3 aromatic heterocycles. The van der Waals surface area contributed by atoms with Crippen LogP contribution in [0.3, 0.4) is 0 Å². The molecule has 2 atom stereocenters. The van der Waals surface area contributed by atoms with Crippen LogP contribution in [0.25, 0.3) is 5.69 Å². The quantitative estimate of drug-likeness (QED) is 0.373. The van der Waals surface area contributed by atoms with Gasteiger partial charge < -0.3 is 14.8 Å². The standard InChI is InChI=1S/C28H29N5S/c1-4-21-8-10-23(11-9-21)33-19(2)17-24(20(33)3)27-26(25-7-5-6-14-30-25)31-28(34)32(27)18-22-12-15-29-16-13-22/h5-17,26-27H,4,18H2,1-3H3,(H,31,34)/t26-,27+/m0/s1. The second-order valence-electron chi connectivity index (χ2n) is 8.79. The smallest absolute Gasteiger partial charge is 0.170 e. The SMILES string of the molecule is CCc1ccc(-n2c(C)cc([C@@H]3[C@H](c4ccccn4)NC(=S)N3Cc3ccncc3)c2C)cc1. The highest BCUT2D eigenvalue weighted by atomic mass is 32.1. The highest BCUT2D eigenvalue weighted by Gasteiger charge is 2.41. The molecule has 4 aromatic rings. The number of aromatic nitrogens is 3. The Balaban J connectivity index is 1.60. The third-order valence-electron chi connectivity index (χ3n) is 6.69. The van der Waals surface area contributed by atoms with E-state index in [9.17, 15) is 0 Å². The summed E-state index contributed by atoms with van der Waals surface area (Å²) in [5.41, 5.74) is 8.38. The Hall–Kier alpha value is -3.51. The van der Waals surface area contributed by atoms with Crippen LogP contribution in [0.2, 0.25) is 0 Å². The first-order chi connectivity index (χ1) is 16.6. The largest absolute Gasteiger partial charge is 0.352 e. The number of hydrogen-bond acceptors (Lipinski definition) is 3. The van der Waals surface area contributed by atoms with E-state index < -0.39 is 0 Å². The van der Waals surface area contributed by atoms with Gasteiger partial charge in [0.05, 0.1) is 17.8 Å². The number of benzene rings is 1. The van der Waals surface area contributed by atoms with Gasteiger partial charge in [0.2, 0.25) is 0 Å². The molecule has 1 aliphatic heterocycles. The average Bonchev–Trinajstić information content (AvgIpc) is 3.35. The van der Waals surface area contributed by atoms with Crippen LogP contribution in [0.15, 0.2) is 79.3 Å². The van der Waals surface area contributed by atoms with Crippen molar-refractivity contribution in [1.82, 2.24) is 24.8 Å². The van der Waals surface area contributed by atoms with Crippen molar-refractivity contribution in [2.75, 3.05) is 0 Å². The Morgan fingerprint density at radius 3 is 2.38 bits per heavy atom. The molecule has 5 nitrogen and oxygen atoms in total. The highest BCUT2D eigenvalue weighted by Crippen LogP contribution is 2.42. The summed E-state index contributed by atoms with van der Waals surface area (Å²) in [5, 5.41) is 4.31. The third kappa shape index (κ3) is 4.10. The molecular formula is C28H29N5S. The maximum atomic E-state index is 5.86. The molecule has 0 spiro atoms. The number of thiocarbonyl (C=S) groups is 1. The fraction of sp³-hybridized carbons (Fsp3) is 0.250. The molecule has 34 heavy (non-hydrogen) atoms. The van der Waals surface area contributed by atoms with E-state index in [1.807, 2.05) is 42.9 Å². The monoisotopic (exact) mass is 467 g/mol. The van der Waals surface area contributed by atoms with Gasteiger partial charge >= 0.3 is 0 Å². The lowest BCUT2D eigenvalue weighted by atomic mass is 9.96. The van der Waals surface area contributed by atoms with Crippen molar-refractivity contribution in [2.45, 2.75) is 45.8 Å². The maximum absolute atomic E-state index is 5.86. The molecule has 0 saturated carbocycles. The maximum Gasteiger partial charge on any atom is 0.170 e. The van der Waals surface area contributed by atoms with Crippen molar-refractivity contribution in [3.63, 3.8) is 0 Å². The van der Waals surface area contributed by atoms with Gasteiger partial charge in [0.1, 0.15) is 0 Å². The van der Waals surface area contributed by atoms with E-state index in [1.165, 1.54) is 33.8 Å². The summed E-state index contributed by atoms with van der Waals surface area (Å²) in [6.07, 6.45) is 6.55. The molecule has 0 amide bonds. The van der Waals surface area contributed by atoms with E-state index >= 15 is 0 Å². The van der Waals surface area contributed by atoms with E-state index in [-0.39, 0.29) is 12.1 Å².